The summed E-state index contributed by atoms with van der Waals surface area (Å²) in [6.07, 6.45) is 3.78. The van der Waals surface area contributed by atoms with E-state index in [1.165, 1.54) is 19.1 Å². The molecule has 0 unspecified atom stereocenters. The lowest BCUT2D eigenvalue weighted by molar-refractivity contribution is 0.0885. The van der Waals surface area contributed by atoms with Gasteiger partial charge in [-0.3, -0.25) is 9.69 Å². The minimum atomic E-state index is -0.209. The summed E-state index contributed by atoms with van der Waals surface area (Å²) in [6, 6.07) is 11.4. The van der Waals surface area contributed by atoms with Crippen LogP contribution in [0.25, 0.3) is 11.0 Å². The molecular formula is C22H21NO5. The zero-order chi connectivity index (χ0) is 19.1. The first-order valence-electron chi connectivity index (χ1n) is 9.58. The monoisotopic (exact) mass is 379 g/mol. The Hall–Kier alpha value is -2.99. The number of fused-ring (bicyclic) bond motifs is 3. The smallest absolute Gasteiger partial charge is 0.235 e. The summed E-state index contributed by atoms with van der Waals surface area (Å²) in [5, 5.41) is 0.492. The van der Waals surface area contributed by atoms with Crippen LogP contribution in [0.3, 0.4) is 0 Å². The van der Waals surface area contributed by atoms with Gasteiger partial charge in [0, 0.05) is 12.6 Å². The number of hydrogen-bond acceptors (Lipinski definition) is 6. The second-order valence-electron chi connectivity index (χ2n) is 7.08. The Labute approximate surface area is 162 Å². The van der Waals surface area contributed by atoms with Crippen LogP contribution in [-0.4, -0.2) is 24.3 Å². The minimum Gasteiger partial charge on any atom is -0.490 e. The first-order chi connectivity index (χ1) is 13.7. The van der Waals surface area contributed by atoms with Gasteiger partial charge in [-0.15, -0.1) is 0 Å². The fourth-order valence-electron chi connectivity index (χ4n) is 3.58. The SMILES string of the molecule is CCOc1ccccc1Oc1coc2c3c(ccc2c1=O)OCN(C1CC1)C3. The standard InChI is InChI=1S/C22H21NO5/c1-2-25-18-5-3-4-6-19(18)28-20-12-26-22-15(21(20)24)9-10-17-16(22)11-23(13-27-17)14-7-8-14/h3-6,9-10,12,14H,2,7-8,11,13H2,1H3. The highest BCUT2D eigenvalue weighted by Crippen LogP contribution is 2.37. The highest BCUT2D eigenvalue weighted by Gasteiger charge is 2.33. The summed E-state index contributed by atoms with van der Waals surface area (Å²) < 4.78 is 23.2. The van der Waals surface area contributed by atoms with Crippen molar-refractivity contribution in [1.82, 2.24) is 4.90 Å². The first kappa shape index (κ1) is 17.1. The number of para-hydroxylation sites is 2. The quantitative estimate of drug-likeness (QED) is 0.659. The molecule has 0 atom stereocenters. The van der Waals surface area contributed by atoms with Gasteiger partial charge < -0.3 is 18.6 Å². The molecule has 6 nitrogen and oxygen atoms in total. The van der Waals surface area contributed by atoms with Crippen molar-refractivity contribution in [3.63, 3.8) is 0 Å². The van der Waals surface area contributed by atoms with Crippen molar-refractivity contribution in [3.8, 4) is 23.0 Å². The molecule has 5 rings (SSSR count). The largest absolute Gasteiger partial charge is 0.490 e. The third-order valence-corrected chi connectivity index (χ3v) is 5.15. The molecule has 0 N–H and O–H groups in total. The maximum atomic E-state index is 13.0. The Balaban J connectivity index is 1.53. The summed E-state index contributed by atoms with van der Waals surface area (Å²) >= 11 is 0. The second kappa shape index (κ2) is 6.87. The molecular weight excluding hydrogens is 358 g/mol. The Morgan fingerprint density at radius 2 is 1.93 bits per heavy atom. The molecule has 144 valence electrons. The number of hydrogen-bond donors (Lipinski definition) is 0. The lowest BCUT2D eigenvalue weighted by Crippen LogP contribution is -2.33. The second-order valence-corrected chi connectivity index (χ2v) is 7.08. The van der Waals surface area contributed by atoms with E-state index in [0.717, 1.165) is 17.9 Å². The van der Waals surface area contributed by atoms with E-state index in [4.69, 9.17) is 18.6 Å². The topological polar surface area (TPSA) is 61.1 Å². The molecule has 0 radical (unpaired) electrons. The minimum absolute atomic E-state index is 0.135. The van der Waals surface area contributed by atoms with Gasteiger partial charge in [0.05, 0.1) is 17.6 Å². The Morgan fingerprint density at radius 1 is 1.11 bits per heavy atom. The zero-order valence-corrected chi connectivity index (χ0v) is 15.6. The van der Waals surface area contributed by atoms with Gasteiger partial charge in [-0.05, 0) is 44.0 Å². The van der Waals surface area contributed by atoms with Crippen LogP contribution in [0.4, 0.5) is 0 Å². The lowest BCUT2D eigenvalue weighted by Gasteiger charge is -2.29. The maximum Gasteiger partial charge on any atom is 0.235 e. The molecule has 1 aliphatic heterocycles. The zero-order valence-electron chi connectivity index (χ0n) is 15.6. The molecule has 2 heterocycles. The fraction of sp³-hybridized carbons (Fsp3) is 0.318. The molecule has 2 aliphatic rings. The third kappa shape index (κ3) is 2.99. The first-order valence-corrected chi connectivity index (χ1v) is 9.58. The number of nitrogens with zero attached hydrogens (tertiary/aromatic N) is 1. The van der Waals surface area contributed by atoms with E-state index in [-0.39, 0.29) is 11.2 Å². The molecule has 1 saturated carbocycles. The molecule has 2 aromatic carbocycles. The van der Waals surface area contributed by atoms with Crippen molar-refractivity contribution in [2.75, 3.05) is 13.3 Å². The van der Waals surface area contributed by atoms with E-state index in [1.54, 1.807) is 12.1 Å². The third-order valence-electron chi connectivity index (χ3n) is 5.15. The van der Waals surface area contributed by atoms with Crippen LogP contribution in [-0.2, 0) is 6.54 Å². The van der Waals surface area contributed by atoms with E-state index >= 15 is 0 Å². The summed E-state index contributed by atoms with van der Waals surface area (Å²) in [5.74, 6) is 1.99. The Morgan fingerprint density at radius 3 is 2.71 bits per heavy atom. The number of benzene rings is 2. The molecule has 0 bridgehead atoms. The average molecular weight is 379 g/mol. The van der Waals surface area contributed by atoms with Crippen LogP contribution >= 0.6 is 0 Å². The van der Waals surface area contributed by atoms with Gasteiger partial charge in [-0.1, -0.05) is 12.1 Å². The van der Waals surface area contributed by atoms with Gasteiger partial charge in [0.15, 0.2) is 11.5 Å². The number of ether oxygens (including phenoxy) is 3. The highest BCUT2D eigenvalue weighted by atomic mass is 16.5. The van der Waals surface area contributed by atoms with Gasteiger partial charge in [-0.25, -0.2) is 0 Å². The van der Waals surface area contributed by atoms with Crippen molar-refractivity contribution in [3.05, 3.63) is 58.4 Å². The molecule has 0 saturated heterocycles. The van der Waals surface area contributed by atoms with E-state index in [9.17, 15) is 4.79 Å². The van der Waals surface area contributed by atoms with E-state index in [0.29, 0.717) is 41.8 Å². The Kier molecular flexibility index (Phi) is 4.20. The molecule has 0 spiro atoms. The molecule has 1 fully saturated rings. The number of rotatable bonds is 5. The van der Waals surface area contributed by atoms with Crippen LogP contribution in [0.1, 0.15) is 25.3 Å². The van der Waals surface area contributed by atoms with Crippen molar-refractivity contribution < 1.29 is 18.6 Å². The van der Waals surface area contributed by atoms with Crippen LogP contribution < -0.4 is 19.6 Å². The predicted octanol–water partition coefficient (Wildman–Crippen LogP) is 4.30. The molecule has 0 amide bonds. The van der Waals surface area contributed by atoms with Crippen molar-refractivity contribution in [2.24, 2.45) is 0 Å². The van der Waals surface area contributed by atoms with Crippen molar-refractivity contribution >= 4 is 11.0 Å². The van der Waals surface area contributed by atoms with Crippen molar-refractivity contribution in [2.45, 2.75) is 32.4 Å². The average Bonchev–Trinajstić information content (AvgIpc) is 3.56. The molecule has 1 aliphatic carbocycles. The van der Waals surface area contributed by atoms with Gasteiger partial charge in [0.25, 0.3) is 0 Å². The fourth-order valence-corrected chi connectivity index (χ4v) is 3.58. The van der Waals surface area contributed by atoms with E-state index in [1.807, 2.05) is 31.2 Å². The summed E-state index contributed by atoms with van der Waals surface area (Å²) in [6.45, 7) is 3.73. The molecule has 28 heavy (non-hydrogen) atoms. The molecule has 3 aromatic rings. The molecule has 1 aromatic heterocycles. The summed E-state index contributed by atoms with van der Waals surface area (Å²) in [4.78, 5) is 15.3. The summed E-state index contributed by atoms with van der Waals surface area (Å²) in [7, 11) is 0. The van der Waals surface area contributed by atoms with Gasteiger partial charge >= 0.3 is 0 Å². The lowest BCUT2D eigenvalue weighted by atomic mass is 10.1. The summed E-state index contributed by atoms with van der Waals surface area (Å²) in [5.41, 5.74) is 1.28. The normalized spacial score (nSPS) is 16.5. The molecule has 6 heteroatoms. The van der Waals surface area contributed by atoms with E-state index in [2.05, 4.69) is 4.90 Å². The van der Waals surface area contributed by atoms with Crippen LogP contribution in [0.2, 0.25) is 0 Å². The predicted molar refractivity (Wildman–Crippen MR) is 104 cm³/mol. The van der Waals surface area contributed by atoms with Crippen LogP contribution in [0.15, 0.2) is 51.9 Å². The van der Waals surface area contributed by atoms with Gasteiger partial charge in [0.2, 0.25) is 11.2 Å². The van der Waals surface area contributed by atoms with E-state index < -0.39 is 0 Å². The Bertz CT molecular complexity index is 1090. The maximum absolute atomic E-state index is 13.0. The van der Waals surface area contributed by atoms with Crippen LogP contribution in [0, 0.1) is 0 Å². The van der Waals surface area contributed by atoms with Crippen LogP contribution in [0.5, 0.6) is 23.0 Å². The van der Waals surface area contributed by atoms with Gasteiger partial charge in [0.1, 0.15) is 24.3 Å². The highest BCUT2D eigenvalue weighted by molar-refractivity contribution is 5.83. The van der Waals surface area contributed by atoms with Crippen molar-refractivity contribution in [1.29, 1.82) is 0 Å². The van der Waals surface area contributed by atoms with Gasteiger partial charge in [-0.2, -0.15) is 0 Å².